The van der Waals surface area contributed by atoms with Crippen LogP contribution in [-0.2, 0) is 0 Å². The van der Waals surface area contributed by atoms with Crippen LogP contribution in [0.4, 0.5) is 0 Å². The molecule has 0 unspecified atom stereocenters. The van der Waals surface area contributed by atoms with Gasteiger partial charge in [0.05, 0.1) is 0 Å². The molecule has 0 aliphatic heterocycles. The number of benzene rings is 2. The molecular weight excluding hydrogens is 347 g/mol. The molecule has 2 rings (SSSR count). The Morgan fingerprint density at radius 2 is 1.21 bits per heavy atom. The van der Waals surface area contributed by atoms with E-state index in [0.717, 1.165) is 17.0 Å². The Kier molecular flexibility index (Phi) is 7.41. The van der Waals surface area contributed by atoms with Crippen LogP contribution in [0.1, 0.15) is 29.8 Å². The minimum atomic E-state index is 0.0752. The minimum absolute atomic E-state index is 0.0752. The van der Waals surface area contributed by atoms with Crippen molar-refractivity contribution in [2.75, 3.05) is 4.43 Å². The fraction of sp³-hybridized carbons (Fsp3) is 0.235. The van der Waals surface area contributed by atoms with Gasteiger partial charge in [-0.15, -0.1) is 0 Å². The standard InChI is InChI=1S/C13H10O.C4H9I/c14-13(11-7-3-1-4-8-11)12-9-5-2-6-10-12;1-4(2)3-5/h1-10H;4H,3H2,1-2H3. The van der Waals surface area contributed by atoms with E-state index in [-0.39, 0.29) is 5.78 Å². The molecule has 0 radical (unpaired) electrons. The lowest BCUT2D eigenvalue weighted by Crippen LogP contribution is -1.99. The highest BCUT2D eigenvalue weighted by atomic mass is 127. The van der Waals surface area contributed by atoms with Crippen molar-refractivity contribution in [2.24, 2.45) is 5.92 Å². The molecule has 0 fully saturated rings. The van der Waals surface area contributed by atoms with Crippen molar-refractivity contribution in [2.45, 2.75) is 13.8 Å². The van der Waals surface area contributed by atoms with Gasteiger partial charge < -0.3 is 0 Å². The van der Waals surface area contributed by atoms with Gasteiger partial charge in [0, 0.05) is 15.6 Å². The summed E-state index contributed by atoms with van der Waals surface area (Å²) in [5.41, 5.74) is 1.47. The fourth-order valence-electron chi connectivity index (χ4n) is 1.35. The maximum Gasteiger partial charge on any atom is 0.193 e. The number of hydrogen-bond donors (Lipinski definition) is 0. The average Bonchev–Trinajstić information content (AvgIpc) is 2.49. The quantitative estimate of drug-likeness (QED) is 0.425. The lowest BCUT2D eigenvalue weighted by Gasteiger charge is -1.99. The van der Waals surface area contributed by atoms with Crippen LogP contribution in [0.2, 0.25) is 0 Å². The second-order valence-corrected chi connectivity index (χ2v) is 5.49. The molecule has 0 aliphatic rings. The van der Waals surface area contributed by atoms with E-state index in [2.05, 4.69) is 36.4 Å². The van der Waals surface area contributed by atoms with Crippen LogP contribution in [-0.4, -0.2) is 10.2 Å². The van der Waals surface area contributed by atoms with Crippen LogP contribution in [0.25, 0.3) is 0 Å². The van der Waals surface area contributed by atoms with E-state index in [1.54, 1.807) is 0 Å². The highest BCUT2D eigenvalue weighted by Crippen LogP contribution is 2.08. The van der Waals surface area contributed by atoms with Crippen LogP contribution in [0.3, 0.4) is 0 Å². The van der Waals surface area contributed by atoms with E-state index in [1.807, 2.05) is 60.7 Å². The molecular formula is C17H19IO. The predicted molar refractivity (Wildman–Crippen MR) is 90.0 cm³/mol. The topological polar surface area (TPSA) is 17.1 Å². The van der Waals surface area contributed by atoms with E-state index in [1.165, 1.54) is 4.43 Å². The molecule has 0 atom stereocenters. The Morgan fingerprint density at radius 3 is 1.47 bits per heavy atom. The van der Waals surface area contributed by atoms with E-state index in [9.17, 15) is 4.79 Å². The summed E-state index contributed by atoms with van der Waals surface area (Å²) < 4.78 is 1.28. The summed E-state index contributed by atoms with van der Waals surface area (Å²) in [6, 6.07) is 18.6. The zero-order valence-electron chi connectivity index (χ0n) is 11.3. The van der Waals surface area contributed by atoms with Crippen molar-refractivity contribution < 1.29 is 4.79 Å². The molecule has 100 valence electrons. The highest BCUT2D eigenvalue weighted by molar-refractivity contribution is 14.1. The van der Waals surface area contributed by atoms with Gasteiger partial charge in [0.2, 0.25) is 0 Å². The summed E-state index contributed by atoms with van der Waals surface area (Å²) in [5, 5.41) is 0. The summed E-state index contributed by atoms with van der Waals surface area (Å²) in [6.45, 7) is 4.43. The molecule has 0 bridgehead atoms. The minimum Gasteiger partial charge on any atom is -0.289 e. The molecule has 0 spiro atoms. The Hall–Kier alpha value is -1.16. The van der Waals surface area contributed by atoms with Crippen LogP contribution in [0, 0.1) is 5.92 Å². The third kappa shape index (κ3) is 6.01. The van der Waals surface area contributed by atoms with Gasteiger partial charge in [-0.3, -0.25) is 4.79 Å². The molecule has 2 aromatic carbocycles. The Balaban J connectivity index is 0.000000312. The Morgan fingerprint density at radius 1 is 0.895 bits per heavy atom. The summed E-state index contributed by atoms with van der Waals surface area (Å²) in [6.07, 6.45) is 0. The van der Waals surface area contributed by atoms with Crippen LogP contribution < -0.4 is 0 Å². The lowest BCUT2D eigenvalue weighted by molar-refractivity contribution is 0.103. The van der Waals surface area contributed by atoms with Gasteiger partial charge in [0.1, 0.15) is 0 Å². The molecule has 0 N–H and O–H groups in total. The second kappa shape index (κ2) is 8.86. The van der Waals surface area contributed by atoms with Crippen LogP contribution >= 0.6 is 22.6 Å². The first-order valence-electron chi connectivity index (χ1n) is 6.36. The molecule has 0 aliphatic carbocycles. The van der Waals surface area contributed by atoms with Gasteiger partial charge in [-0.2, -0.15) is 0 Å². The summed E-state index contributed by atoms with van der Waals surface area (Å²) in [5.74, 6) is 0.946. The van der Waals surface area contributed by atoms with Crippen molar-refractivity contribution in [3.05, 3.63) is 71.8 Å². The number of rotatable bonds is 3. The molecule has 2 heteroatoms. The number of alkyl halides is 1. The lowest BCUT2D eigenvalue weighted by atomic mass is 10.0. The maximum atomic E-state index is 11.8. The first-order valence-corrected chi connectivity index (χ1v) is 7.88. The normalized spacial score (nSPS) is 9.68. The van der Waals surface area contributed by atoms with Crippen molar-refractivity contribution in [3.8, 4) is 0 Å². The van der Waals surface area contributed by atoms with Gasteiger partial charge in [-0.25, -0.2) is 0 Å². The number of hydrogen-bond acceptors (Lipinski definition) is 1. The highest BCUT2D eigenvalue weighted by Gasteiger charge is 2.06. The molecule has 0 saturated carbocycles. The van der Waals surface area contributed by atoms with Gasteiger partial charge >= 0.3 is 0 Å². The smallest absolute Gasteiger partial charge is 0.193 e. The SMILES string of the molecule is CC(C)CI.O=C(c1ccccc1)c1ccccc1. The molecule has 19 heavy (non-hydrogen) atoms. The monoisotopic (exact) mass is 366 g/mol. The van der Waals surface area contributed by atoms with E-state index in [0.29, 0.717) is 0 Å². The van der Waals surface area contributed by atoms with Gasteiger partial charge in [0.25, 0.3) is 0 Å². The number of carbonyl (C=O) groups excluding carboxylic acids is 1. The van der Waals surface area contributed by atoms with Gasteiger partial charge in [-0.05, 0) is 5.92 Å². The molecule has 0 aromatic heterocycles. The number of carbonyl (C=O) groups is 1. The Bertz CT molecular complexity index is 436. The summed E-state index contributed by atoms with van der Waals surface area (Å²) in [7, 11) is 0. The average molecular weight is 366 g/mol. The number of ketones is 1. The zero-order chi connectivity index (χ0) is 14.1. The van der Waals surface area contributed by atoms with Crippen molar-refractivity contribution in [1.82, 2.24) is 0 Å². The van der Waals surface area contributed by atoms with E-state index in [4.69, 9.17) is 0 Å². The molecule has 0 saturated heterocycles. The molecule has 0 amide bonds. The van der Waals surface area contributed by atoms with E-state index < -0.39 is 0 Å². The molecule has 1 nitrogen and oxygen atoms in total. The Labute approximate surface area is 129 Å². The van der Waals surface area contributed by atoms with E-state index >= 15 is 0 Å². The largest absolute Gasteiger partial charge is 0.289 e. The first-order chi connectivity index (χ1) is 9.15. The number of halogens is 1. The zero-order valence-corrected chi connectivity index (χ0v) is 13.5. The fourth-order valence-corrected chi connectivity index (χ4v) is 1.35. The van der Waals surface area contributed by atoms with Crippen LogP contribution in [0.15, 0.2) is 60.7 Å². The van der Waals surface area contributed by atoms with Crippen molar-refractivity contribution in [1.29, 1.82) is 0 Å². The van der Waals surface area contributed by atoms with Crippen molar-refractivity contribution >= 4 is 28.4 Å². The van der Waals surface area contributed by atoms with Gasteiger partial charge in [0.15, 0.2) is 5.78 Å². The van der Waals surface area contributed by atoms with Crippen molar-refractivity contribution in [3.63, 3.8) is 0 Å². The third-order valence-corrected chi connectivity index (χ3v) is 4.14. The van der Waals surface area contributed by atoms with Gasteiger partial charge in [-0.1, -0.05) is 97.1 Å². The van der Waals surface area contributed by atoms with Crippen LogP contribution in [0.5, 0.6) is 0 Å². The third-order valence-electron chi connectivity index (χ3n) is 2.38. The summed E-state index contributed by atoms with van der Waals surface area (Å²) in [4.78, 5) is 11.8. The molecule has 0 heterocycles. The predicted octanol–water partition coefficient (Wildman–Crippen LogP) is 5.00. The summed E-state index contributed by atoms with van der Waals surface area (Å²) >= 11 is 2.38. The first kappa shape index (κ1) is 15.9. The maximum absolute atomic E-state index is 11.8. The second-order valence-electron chi connectivity index (χ2n) is 4.61. The molecule has 2 aromatic rings.